The first kappa shape index (κ1) is 24.1. The molecule has 6 heteroatoms. The molecule has 0 N–H and O–H groups in total. The average molecular weight is 462 g/mol. The van der Waals surface area contributed by atoms with Gasteiger partial charge in [-0.15, -0.1) is 11.3 Å². The van der Waals surface area contributed by atoms with E-state index in [9.17, 15) is 9.59 Å². The first-order valence-electron chi connectivity index (χ1n) is 11.0. The number of hydrogen-bond donors (Lipinski definition) is 0. The molecule has 33 heavy (non-hydrogen) atoms. The highest BCUT2D eigenvalue weighted by molar-refractivity contribution is 7.18. The molecule has 0 atom stereocenters. The molecule has 0 amide bonds. The van der Waals surface area contributed by atoms with E-state index in [1.54, 1.807) is 35.6 Å². The third-order valence-electron chi connectivity index (χ3n) is 4.60. The summed E-state index contributed by atoms with van der Waals surface area (Å²) in [6, 6.07) is 14.7. The lowest BCUT2D eigenvalue weighted by atomic mass is 10.2. The van der Waals surface area contributed by atoms with Crippen LogP contribution in [-0.4, -0.2) is 16.9 Å². The highest BCUT2D eigenvalue weighted by Gasteiger charge is 2.09. The summed E-state index contributed by atoms with van der Waals surface area (Å²) < 4.78 is 10.6. The van der Waals surface area contributed by atoms with Gasteiger partial charge in [0.25, 0.3) is 0 Å². The Bertz CT molecular complexity index is 1020. The number of esters is 2. The zero-order chi connectivity index (χ0) is 23.5. The highest BCUT2D eigenvalue weighted by atomic mass is 32.1. The fourth-order valence-corrected chi connectivity index (χ4v) is 3.81. The number of thiazole rings is 1. The van der Waals surface area contributed by atoms with Crippen LogP contribution in [0.3, 0.4) is 0 Å². The SMILES string of the molecule is CCCC=CC(=O)Oc1ccc(-c2cnc(-c3ccc(OC(=O)C=CCCC)cc3)s2)cc1. The number of benzene rings is 2. The topological polar surface area (TPSA) is 65.5 Å². The molecule has 0 aliphatic heterocycles. The van der Waals surface area contributed by atoms with Crippen molar-refractivity contribution in [2.45, 2.75) is 39.5 Å². The molecule has 0 fully saturated rings. The summed E-state index contributed by atoms with van der Waals surface area (Å²) in [6.07, 6.45) is 12.1. The van der Waals surface area contributed by atoms with Gasteiger partial charge in [0.05, 0.1) is 4.88 Å². The average Bonchev–Trinajstić information content (AvgIpc) is 3.31. The van der Waals surface area contributed by atoms with E-state index in [4.69, 9.17) is 9.47 Å². The Morgan fingerprint density at radius 3 is 1.76 bits per heavy atom. The maximum absolute atomic E-state index is 11.8. The van der Waals surface area contributed by atoms with Gasteiger partial charge in [0.1, 0.15) is 16.5 Å². The van der Waals surface area contributed by atoms with E-state index in [2.05, 4.69) is 18.8 Å². The summed E-state index contributed by atoms with van der Waals surface area (Å²) in [5, 5.41) is 0.863. The Labute approximate surface area is 198 Å². The number of unbranched alkanes of at least 4 members (excludes halogenated alkanes) is 2. The highest BCUT2D eigenvalue weighted by Crippen LogP contribution is 2.33. The van der Waals surface area contributed by atoms with Gasteiger partial charge in [-0.25, -0.2) is 14.6 Å². The molecule has 0 spiro atoms. The molecule has 0 aliphatic rings. The van der Waals surface area contributed by atoms with Gasteiger partial charge in [-0.1, -0.05) is 38.8 Å². The van der Waals surface area contributed by atoms with Crippen molar-refractivity contribution < 1.29 is 19.1 Å². The number of carbonyl (C=O) groups excluding carboxylic acids is 2. The number of hydrogen-bond acceptors (Lipinski definition) is 6. The van der Waals surface area contributed by atoms with Crippen molar-refractivity contribution in [2.24, 2.45) is 0 Å². The summed E-state index contributed by atoms with van der Waals surface area (Å²) >= 11 is 1.56. The predicted molar refractivity (Wildman–Crippen MR) is 132 cm³/mol. The Morgan fingerprint density at radius 2 is 1.27 bits per heavy atom. The molecular weight excluding hydrogens is 434 g/mol. The second-order valence-electron chi connectivity index (χ2n) is 7.30. The molecule has 5 nitrogen and oxygen atoms in total. The summed E-state index contributed by atoms with van der Waals surface area (Å²) in [7, 11) is 0. The van der Waals surface area contributed by atoms with Gasteiger partial charge in [0.2, 0.25) is 0 Å². The van der Waals surface area contributed by atoms with Crippen molar-refractivity contribution in [3.05, 3.63) is 79.0 Å². The third kappa shape index (κ3) is 7.54. The number of carbonyl (C=O) groups is 2. The molecule has 1 aromatic heterocycles. The second kappa shape index (κ2) is 12.5. The van der Waals surface area contributed by atoms with E-state index in [0.717, 1.165) is 46.7 Å². The molecule has 0 saturated heterocycles. The van der Waals surface area contributed by atoms with E-state index in [1.807, 2.05) is 42.6 Å². The second-order valence-corrected chi connectivity index (χ2v) is 8.33. The maximum atomic E-state index is 11.8. The summed E-state index contributed by atoms with van der Waals surface area (Å²) in [6.45, 7) is 4.11. The Morgan fingerprint density at radius 1 is 0.788 bits per heavy atom. The quantitative estimate of drug-likeness (QED) is 0.185. The van der Waals surface area contributed by atoms with Crippen LogP contribution in [0.5, 0.6) is 11.5 Å². The van der Waals surface area contributed by atoms with Crippen LogP contribution >= 0.6 is 11.3 Å². The number of rotatable bonds is 10. The number of ether oxygens (including phenoxy) is 2. The minimum absolute atomic E-state index is 0.373. The van der Waals surface area contributed by atoms with Crippen LogP contribution in [0.4, 0.5) is 0 Å². The molecule has 0 aliphatic carbocycles. The molecule has 0 radical (unpaired) electrons. The first-order valence-corrected chi connectivity index (χ1v) is 11.8. The molecule has 170 valence electrons. The van der Waals surface area contributed by atoms with Crippen LogP contribution < -0.4 is 9.47 Å². The number of nitrogens with zero attached hydrogens (tertiary/aromatic N) is 1. The predicted octanol–water partition coefficient (Wildman–Crippen LogP) is 7.00. The lowest BCUT2D eigenvalue weighted by Crippen LogP contribution is -2.03. The number of allylic oxidation sites excluding steroid dienone is 2. The van der Waals surface area contributed by atoms with E-state index < -0.39 is 0 Å². The van der Waals surface area contributed by atoms with Crippen molar-refractivity contribution in [3.8, 4) is 32.5 Å². The fourth-order valence-electron chi connectivity index (χ4n) is 2.89. The number of aromatic nitrogens is 1. The van der Waals surface area contributed by atoms with E-state index >= 15 is 0 Å². The normalized spacial score (nSPS) is 11.2. The standard InChI is InChI=1S/C27H27NO4S/c1-3-5-7-9-25(29)31-22-15-11-20(12-16-22)24-19-28-27(33-24)21-13-17-23(18-14-21)32-26(30)10-8-6-4-2/h7-19H,3-6H2,1-2H3. The van der Waals surface area contributed by atoms with Crippen LogP contribution in [0, 0.1) is 0 Å². The van der Waals surface area contributed by atoms with Gasteiger partial charge in [-0.05, 0) is 66.9 Å². The van der Waals surface area contributed by atoms with Gasteiger partial charge in [-0.3, -0.25) is 0 Å². The van der Waals surface area contributed by atoms with Gasteiger partial charge >= 0.3 is 11.9 Å². The van der Waals surface area contributed by atoms with Crippen LogP contribution in [-0.2, 0) is 9.59 Å². The monoisotopic (exact) mass is 461 g/mol. The smallest absolute Gasteiger partial charge is 0.335 e. The molecular formula is C27H27NO4S. The molecule has 0 bridgehead atoms. The minimum Gasteiger partial charge on any atom is -0.423 e. The van der Waals surface area contributed by atoms with Crippen molar-refractivity contribution in [1.29, 1.82) is 0 Å². The van der Waals surface area contributed by atoms with E-state index in [0.29, 0.717) is 11.5 Å². The van der Waals surface area contributed by atoms with Crippen molar-refractivity contribution >= 4 is 23.3 Å². The zero-order valence-electron chi connectivity index (χ0n) is 18.8. The van der Waals surface area contributed by atoms with Crippen LogP contribution in [0.25, 0.3) is 21.0 Å². The van der Waals surface area contributed by atoms with Gasteiger partial charge in [-0.2, -0.15) is 0 Å². The van der Waals surface area contributed by atoms with Crippen molar-refractivity contribution in [3.63, 3.8) is 0 Å². The van der Waals surface area contributed by atoms with E-state index in [-0.39, 0.29) is 11.9 Å². The molecule has 1 heterocycles. The first-order chi connectivity index (χ1) is 16.1. The Balaban J connectivity index is 1.61. The zero-order valence-corrected chi connectivity index (χ0v) is 19.6. The molecule has 0 unspecified atom stereocenters. The van der Waals surface area contributed by atoms with Crippen LogP contribution in [0.1, 0.15) is 39.5 Å². The van der Waals surface area contributed by atoms with Crippen LogP contribution in [0.2, 0.25) is 0 Å². The van der Waals surface area contributed by atoms with Gasteiger partial charge in [0, 0.05) is 23.9 Å². The molecule has 3 rings (SSSR count). The Kier molecular flexibility index (Phi) is 9.15. The maximum Gasteiger partial charge on any atom is 0.335 e. The molecule has 0 saturated carbocycles. The summed E-state index contributed by atoms with van der Waals surface area (Å²) in [5.74, 6) is 0.252. The van der Waals surface area contributed by atoms with Gasteiger partial charge in [0.15, 0.2) is 0 Å². The van der Waals surface area contributed by atoms with Crippen molar-refractivity contribution in [1.82, 2.24) is 4.98 Å². The molecule has 3 aromatic rings. The Hall–Kier alpha value is -3.51. The van der Waals surface area contributed by atoms with Crippen LogP contribution in [0.15, 0.2) is 79.0 Å². The third-order valence-corrected chi connectivity index (χ3v) is 5.70. The molecule has 2 aromatic carbocycles. The summed E-state index contributed by atoms with van der Waals surface area (Å²) in [5.41, 5.74) is 1.93. The van der Waals surface area contributed by atoms with Gasteiger partial charge < -0.3 is 9.47 Å². The van der Waals surface area contributed by atoms with Crippen molar-refractivity contribution in [2.75, 3.05) is 0 Å². The lowest BCUT2D eigenvalue weighted by Gasteiger charge is -2.03. The summed E-state index contributed by atoms with van der Waals surface area (Å²) in [4.78, 5) is 29.1. The lowest BCUT2D eigenvalue weighted by molar-refractivity contribution is -0.129. The largest absolute Gasteiger partial charge is 0.423 e. The van der Waals surface area contributed by atoms with E-state index in [1.165, 1.54) is 12.2 Å². The fraction of sp³-hybridized carbons (Fsp3) is 0.222. The minimum atomic E-state index is -0.376.